The number of ether oxygens (including phenoxy) is 1. The molecule has 1 aromatic carbocycles. The summed E-state index contributed by atoms with van der Waals surface area (Å²) in [6.07, 6.45) is 1.00. The lowest BCUT2D eigenvalue weighted by Gasteiger charge is -2.19. The minimum absolute atomic E-state index is 0.184. The topological polar surface area (TPSA) is 47.3 Å². The molecular weight excluding hydrogens is 280 g/mol. The zero-order valence-electron chi connectivity index (χ0n) is 10.3. The predicted molar refractivity (Wildman–Crippen MR) is 73.3 cm³/mol. The Kier molecular flexibility index (Phi) is 3.76. The number of nitrogens with one attached hydrogen (secondary N) is 1. The predicted octanol–water partition coefficient (Wildman–Crippen LogP) is 2.21. The molecule has 2 rings (SSSR count). The van der Waals surface area contributed by atoms with Gasteiger partial charge in [0.15, 0.2) is 0 Å². The van der Waals surface area contributed by atoms with Crippen LogP contribution in [0.4, 0.5) is 0 Å². The molecule has 17 heavy (non-hydrogen) atoms. The van der Waals surface area contributed by atoms with Crippen LogP contribution in [0.5, 0.6) is 5.75 Å². The van der Waals surface area contributed by atoms with E-state index in [0.717, 1.165) is 36.3 Å². The Balaban J connectivity index is 2.06. The molecule has 0 saturated heterocycles. The largest absolute Gasteiger partial charge is 0.493 e. The lowest BCUT2D eigenvalue weighted by Crippen LogP contribution is -2.42. The fourth-order valence-electron chi connectivity index (χ4n) is 2.00. The van der Waals surface area contributed by atoms with Crippen LogP contribution in [0, 0.1) is 0 Å². The number of rotatable bonds is 4. The van der Waals surface area contributed by atoms with Gasteiger partial charge in [0.1, 0.15) is 5.75 Å². The number of benzene rings is 1. The molecule has 0 fully saturated rings. The summed E-state index contributed by atoms with van der Waals surface area (Å²) in [5.74, 6) is 1.05. The minimum Gasteiger partial charge on any atom is -0.493 e. The van der Waals surface area contributed by atoms with Gasteiger partial charge in [-0.3, -0.25) is 0 Å². The molecule has 3 N–H and O–H groups in total. The number of hydrogen-bond acceptors (Lipinski definition) is 3. The molecule has 0 aromatic heterocycles. The molecule has 0 spiro atoms. The maximum Gasteiger partial charge on any atom is 0.127 e. The molecule has 0 amide bonds. The standard InChI is InChI=1S/C13H19BrN2O/c1-13(2,15)8-16-7-10-6-11(14)5-9-3-4-17-12(9)10/h5-6,16H,3-4,7-8,15H2,1-2H3. The van der Waals surface area contributed by atoms with Gasteiger partial charge in [-0.1, -0.05) is 15.9 Å². The van der Waals surface area contributed by atoms with E-state index in [4.69, 9.17) is 10.5 Å². The summed E-state index contributed by atoms with van der Waals surface area (Å²) in [6.45, 7) is 6.40. The van der Waals surface area contributed by atoms with Crippen LogP contribution in [0.3, 0.4) is 0 Å². The third-order valence-corrected chi connectivity index (χ3v) is 3.18. The Morgan fingerprint density at radius 2 is 2.24 bits per heavy atom. The summed E-state index contributed by atoms with van der Waals surface area (Å²) in [5.41, 5.74) is 8.25. The first kappa shape index (κ1) is 12.9. The molecule has 4 heteroatoms. The van der Waals surface area contributed by atoms with Crippen LogP contribution in [0.25, 0.3) is 0 Å². The molecule has 3 nitrogen and oxygen atoms in total. The van der Waals surface area contributed by atoms with Crippen molar-refractivity contribution in [1.29, 1.82) is 0 Å². The van der Waals surface area contributed by atoms with Crippen LogP contribution in [0.1, 0.15) is 25.0 Å². The quantitative estimate of drug-likeness (QED) is 0.896. The third kappa shape index (κ3) is 3.44. The van der Waals surface area contributed by atoms with E-state index in [1.165, 1.54) is 11.1 Å². The van der Waals surface area contributed by atoms with Crippen LogP contribution >= 0.6 is 15.9 Å². The van der Waals surface area contributed by atoms with Crippen molar-refractivity contribution < 1.29 is 4.74 Å². The zero-order valence-corrected chi connectivity index (χ0v) is 11.9. The molecule has 94 valence electrons. The lowest BCUT2D eigenvalue weighted by molar-refractivity contribution is 0.351. The highest BCUT2D eigenvalue weighted by molar-refractivity contribution is 9.10. The van der Waals surface area contributed by atoms with E-state index in [1.807, 2.05) is 13.8 Å². The normalized spacial score (nSPS) is 14.6. The molecule has 0 saturated carbocycles. The van der Waals surface area contributed by atoms with Gasteiger partial charge in [-0.25, -0.2) is 0 Å². The van der Waals surface area contributed by atoms with Crippen LogP contribution in [-0.4, -0.2) is 18.7 Å². The van der Waals surface area contributed by atoms with Gasteiger partial charge in [-0.2, -0.15) is 0 Å². The molecule has 1 heterocycles. The maximum absolute atomic E-state index is 5.94. The van der Waals surface area contributed by atoms with Crippen molar-refractivity contribution in [3.63, 3.8) is 0 Å². The van der Waals surface area contributed by atoms with Crippen molar-refractivity contribution in [2.45, 2.75) is 32.4 Å². The molecule has 0 aliphatic carbocycles. The summed E-state index contributed by atoms with van der Waals surface area (Å²) in [6, 6.07) is 4.25. The van der Waals surface area contributed by atoms with Crippen molar-refractivity contribution in [2.24, 2.45) is 5.73 Å². The molecule has 0 radical (unpaired) electrons. The Labute approximate surface area is 111 Å². The first-order valence-electron chi connectivity index (χ1n) is 5.89. The van der Waals surface area contributed by atoms with Gasteiger partial charge >= 0.3 is 0 Å². The van der Waals surface area contributed by atoms with Crippen LogP contribution in [-0.2, 0) is 13.0 Å². The Hall–Kier alpha value is -0.580. The van der Waals surface area contributed by atoms with Crippen LogP contribution in [0.2, 0.25) is 0 Å². The lowest BCUT2D eigenvalue weighted by atomic mass is 10.1. The van der Waals surface area contributed by atoms with Gasteiger partial charge in [0, 0.05) is 35.1 Å². The second-order valence-electron chi connectivity index (χ2n) is 5.24. The fourth-order valence-corrected chi connectivity index (χ4v) is 2.55. The summed E-state index contributed by atoms with van der Waals surface area (Å²) < 4.78 is 6.79. The van der Waals surface area contributed by atoms with Gasteiger partial charge in [0.2, 0.25) is 0 Å². The average molecular weight is 299 g/mol. The summed E-state index contributed by atoms with van der Waals surface area (Å²) in [4.78, 5) is 0. The fraction of sp³-hybridized carbons (Fsp3) is 0.538. The van der Waals surface area contributed by atoms with E-state index in [0.29, 0.717) is 0 Å². The minimum atomic E-state index is -0.184. The van der Waals surface area contributed by atoms with Gasteiger partial charge < -0.3 is 15.8 Å². The Morgan fingerprint density at radius 3 is 2.94 bits per heavy atom. The smallest absolute Gasteiger partial charge is 0.127 e. The molecule has 1 aliphatic rings. The van der Waals surface area contributed by atoms with E-state index >= 15 is 0 Å². The average Bonchev–Trinajstić information content (AvgIpc) is 2.63. The van der Waals surface area contributed by atoms with E-state index in [2.05, 4.69) is 33.4 Å². The number of halogens is 1. The van der Waals surface area contributed by atoms with Crippen LogP contribution in [0.15, 0.2) is 16.6 Å². The van der Waals surface area contributed by atoms with E-state index in [1.54, 1.807) is 0 Å². The summed E-state index contributed by atoms with van der Waals surface area (Å²) in [7, 11) is 0. The zero-order chi connectivity index (χ0) is 12.5. The van der Waals surface area contributed by atoms with Gasteiger partial charge in [-0.15, -0.1) is 0 Å². The number of hydrogen-bond donors (Lipinski definition) is 2. The second-order valence-corrected chi connectivity index (χ2v) is 6.16. The molecular formula is C13H19BrN2O. The van der Waals surface area contributed by atoms with Crippen LogP contribution < -0.4 is 15.8 Å². The first-order chi connectivity index (χ1) is 7.96. The molecule has 0 unspecified atom stereocenters. The van der Waals surface area contributed by atoms with Crippen molar-refractivity contribution >= 4 is 15.9 Å². The molecule has 0 bridgehead atoms. The van der Waals surface area contributed by atoms with Crippen molar-refractivity contribution in [3.05, 3.63) is 27.7 Å². The van der Waals surface area contributed by atoms with E-state index in [9.17, 15) is 0 Å². The Morgan fingerprint density at radius 1 is 1.47 bits per heavy atom. The molecule has 0 atom stereocenters. The summed E-state index contributed by atoms with van der Waals surface area (Å²) in [5, 5.41) is 3.37. The van der Waals surface area contributed by atoms with Crippen molar-refractivity contribution in [1.82, 2.24) is 5.32 Å². The van der Waals surface area contributed by atoms with Gasteiger partial charge in [-0.05, 0) is 31.5 Å². The van der Waals surface area contributed by atoms with E-state index < -0.39 is 0 Å². The highest BCUT2D eigenvalue weighted by atomic mass is 79.9. The summed E-state index contributed by atoms with van der Waals surface area (Å²) >= 11 is 3.54. The molecule has 1 aromatic rings. The monoisotopic (exact) mass is 298 g/mol. The first-order valence-corrected chi connectivity index (χ1v) is 6.69. The maximum atomic E-state index is 5.94. The second kappa shape index (κ2) is 4.96. The molecule has 1 aliphatic heterocycles. The number of fused-ring (bicyclic) bond motifs is 1. The van der Waals surface area contributed by atoms with Gasteiger partial charge in [0.25, 0.3) is 0 Å². The SMILES string of the molecule is CC(C)(N)CNCc1cc(Br)cc2c1OCC2. The Bertz CT molecular complexity index is 413. The van der Waals surface area contributed by atoms with Crippen molar-refractivity contribution in [3.8, 4) is 5.75 Å². The highest BCUT2D eigenvalue weighted by Gasteiger charge is 2.17. The van der Waals surface area contributed by atoms with E-state index in [-0.39, 0.29) is 5.54 Å². The highest BCUT2D eigenvalue weighted by Crippen LogP contribution is 2.32. The van der Waals surface area contributed by atoms with Gasteiger partial charge in [0.05, 0.1) is 6.61 Å². The van der Waals surface area contributed by atoms with Crippen molar-refractivity contribution in [2.75, 3.05) is 13.2 Å². The number of nitrogens with two attached hydrogens (primary N) is 1. The third-order valence-electron chi connectivity index (χ3n) is 2.72.